The van der Waals surface area contributed by atoms with Crippen LogP contribution in [0.15, 0.2) is 29.2 Å². The summed E-state index contributed by atoms with van der Waals surface area (Å²) in [6.45, 7) is 7.83. The minimum Gasteiger partial charge on any atom is -0.297 e. The molecule has 0 N–H and O–H groups in total. The van der Waals surface area contributed by atoms with Gasteiger partial charge in [-0.05, 0) is 64.4 Å². The Kier molecular flexibility index (Phi) is 5.28. The van der Waals surface area contributed by atoms with Crippen LogP contribution < -0.4 is 0 Å². The first kappa shape index (κ1) is 19.5. The molecule has 2 aromatic rings. The van der Waals surface area contributed by atoms with E-state index >= 15 is 0 Å². The van der Waals surface area contributed by atoms with E-state index in [0.717, 1.165) is 37.1 Å². The van der Waals surface area contributed by atoms with Gasteiger partial charge in [-0.1, -0.05) is 6.07 Å². The van der Waals surface area contributed by atoms with E-state index in [4.69, 9.17) is 5.10 Å². The second-order valence-electron chi connectivity index (χ2n) is 7.94. The first-order chi connectivity index (χ1) is 13.4. The molecule has 4 rings (SSSR count). The van der Waals surface area contributed by atoms with Gasteiger partial charge in [0, 0.05) is 24.7 Å². The van der Waals surface area contributed by atoms with Gasteiger partial charge in [0.05, 0.1) is 22.8 Å². The molecule has 6 nitrogen and oxygen atoms in total. The van der Waals surface area contributed by atoms with Crippen LogP contribution in [0.25, 0.3) is 0 Å². The normalized spacial score (nSPS) is 18.7. The number of benzene rings is 1. The summed E-state index contributed by atoms with van der Waals surface area (Å²) in [5, 5.41) is 4.85. The summed E-state index contributed by atoms with van der Waals surface area (Å²) in [4.78, 5) is 2.42. The van der Waals surface area contributed by atoms with Gasteiger partial charge in [-0.3, -0.25) is 9.58 Å². The fourth-order valence-corrected chi connectivity index (χ4v) is 5.62. The number of likely N-dealkylation sites (tertiary alicyclic amines) is 1. The number of aromatic nitrogens is 2. The van der Waals surface area contributed by atoms with Gasteiger partial charge in [-0.15, -0.1) is 0 Å². The van der Waals surface area contributed by atoms with Crippen LogP contribution in [-0.4, -0.2) is 47.0 Å². The smallest absolute Gasteiger partial charge is 0.243 e. The van der Waals surface area contributed by atoms with Crippen molar-refractivity contribution in [2.75, 3.05) is 19.6 Å². The molecule has 1 fully saturated rings. The van der Waals surface area contributed by atoms with E-state index in [0.29, 0.717) is 13.0 Å². The summed E-state index contributed by atoms with van der Waals surface area (Å²) in [6, 6.07) is 5.38. The number of fused-ring (bicyclic) bond motifs is 1. The number of rotatable bonds is 5. The monoisotopic (exact) mass is 406 g/mol. The molecule has 0 unspecified atom stereocenters. The highest BCUT2D eigenvalue weighted by Gasteiger charge is 2.33. The zero-order valence-electron chi connectivity index (χ0n) is 16.4. The number of hydrogen-bond donors (Lipinski definition) is 0. The number of nitrogens with zero attached hydrogens (tertiary/aromatic N) is 4. The molecular formula is C20H27FN4O2S. The number of hydrogen-bond acceptors (Lipinski definition) is 4. The fourth-order valence-electron chi connectivity index (χ4n) is 4.18. The SMILES string of the molecule is CC(C)n1nc(CN2CCCC2)c2c1CN(S(=O)(=O)c1cccc(F)c1)CC2. The molecule has 2 aliphatic rings. The third kappa shape index (κ3) is 3.60. The third-order valence-electron chi connectivity index (χ3n) is 5.63. The van der Waals surface area contributed by atoms with E-state index < -0.39 is 15.8 Å². The van der Waals surface area contributed by atoms with Crippen molar-refractivity contribution in [1.29, 1.82) is 0 Å². The van der Waals surface area contributed by atoms with Crippen LogP contribution in [0.5, 0.6) is 0 Å². The van der Waals surface area contributed by atoms with Crippen LogP contribution in [-0.2, 0) is 29.5 Å². The van der Waals surface area contributed by atoms with Crippen molar-refractivity contribution in [3.8, 4) is 0 Å². The Morgan fingerprint density at radius 1 is 1.18 bits per heavy atom. The maximum Gasteiger partial charge on any atom is 0.243 e. The average Bonchev–Trinajstić information content (AvgIpc) is 3.30. The maximum atomic E-state index is 13.6. The topological polar surface area (TPSA) is 58.4 Å². The van der Waals surface area contributed by atoms with Crippen molar-refractivity contribution in [3.63, 3.8) is 0 Å². The average molecular weight is 407 g/mol. The van der Waals surface area contributed by atoms with Gasteiger partial charge < -0.3 is 0 Å². The second-order valence-corrected chi connectivity index (χ2v) is 9.88. The Labute approximate surface area is 166 Å². The molecule has 2 aliphatic heterocycles. The van der Waals surface area contributed by atoms with E-state index in [1.54, 1.807) is 0 Å². The molecule has 1 aromatic heterocycles. The van der Waals surface area contributed by atoms with E-state index in [1.807, 2.05) is 4.68 Å². The van der Waals surface area contributed by atoms with Gasteiger partial charge in [0.2, 0.25) is 10.0 Å². The largest absolute Gasteiger partial charge is 0.297 e. The quantitative estimate of drug-likeness (QED) is 0.766. The Balaban J connectivity index is 1.65. The summed E-state index contributed by atoms with van der Waals surface area (Å²) in [5.41, 5.74) is 3.23. The van der Waals surface area contributed by atoms with Gasteiger partial charge in [-0.25, -0.2) is 12.8 Å². The molecule has 0 aliphatic carbocycles. The van der Waals surface area contributed by atoms with E-state index in [-0.39, 0.29) is 17.5 Å². The van der Waals surface area contributed by atoms with Crippen LogP contribution in [0, 0.1) is 5.82 Å². The molecule has 1 aromatic carbocycles. The van der Waals surface area contributed by atoms with Crippen molar-refractivity contribution in [2.45, 2.75) is 57.1 Å². The predicted molar refractivity (Wildman–Crippen MR) is 105 cm³/mol. The molecule has 152 valence electrons. The van der Waals surface area contributed by atoms with Gasteiger partial charge in [0.1, 0.15) is 5.82 Å². The van der Waals surface area contributed by atoms with E-state index in [1.165, 1.54) is 40.9 Å². The van der Waals surface area contributed by atoms with Gasteiger partial charge >= 0.3 is 0 Å². The van der Waals surface area contributed by atoms with Crippen molar-refractivity contribution >= 4 is 10.0 Å². The highest BCUT2D eigenvalue weighted by Crippen LogP contribution is 2.30. The minimum atomic E-state index is -3.74. The lowest BCUT2D eigenvalue weighted by molar-refractivity contribution is 0.323. The molecule has 8 heteroatoms. The highest BCUT2D eigenvalue weighted by molar-refractivity contribution is 7.89. The Morgan fingerprint density at radius 2 is 1.93 bits per heavy atom. The van der Waals surface area contributed by atoms with Crippen molar-refractivity contribution in [2.24, 2.45) is 0 Å². The molecule has 0 bridgehead atoms. The summed E-state index contributed by atoms with van der Waals surface area (Å²) in [5.74, 6) is -0.543. The molecule has 0 radical (unpaired) electrons. The minimum absolute atomic E-state index is 0.00357. The van der Waals surface area contributed by atoms with Crippen molar-refractivity contribution in [1.82, 2.24) is 19.0 Å². The van der Waals surface area contributed by atoms with Crippen LogP contribution in [0.2, 0.25) is 0 Å². The molecule has 1 saturated heterocycles. The molecule has 0 amide bonds. The highest BCUT2D eigenvalue weighted by atomic mass is 32.2. The fraction of sp³-hybridized carbons (Fsp3) is 0.550. The van der Waals surface area contributed by atoms with E-state index in [9.17, 15) is 12.8 Å². The van der Waals surface area contributed by atoms with Gasteiger partial charge in [0.15, 0.2) is 0 Å². The Morgan fingerprint density at radius 3 is 2.61 bits per heavy atom. The lowest BCUT2D eigenvalue weighted by Crippen LogP contribution is -2.37. The summed E-state index contributed by atoms with van der Waals surface area (Å²) in [6.07, 6.45) is 3.10. The van der Waals surface area contributed by atoms with Crippen LogP contribution >= 0.6 is 0 Å². The Hall–Kier alpha value is -1.77. The first-order valence-corrected chi connectivity index (χ1v) is 11.4. The number of sulfonamides is 1. The standard InChI is InChI=1S/C20H27FN4O2S/c1-15(2)25-20-14-24(28(26,27)17-7-5-6-16(21)12-17)11-8-18(20)19(22-25)13-23-9-3-4-10-23/h5-7,12,15H,3-4,8-11,13-14H2,1-2H3. The molecule has 28 heavy (non-hydrogen) atoms. The lowest BCUT2D eigenvalue weighted by Gasteiger charge is -2.28. The number of halogens is 1. The van der Waals surface area contributed by atoms with Gasteiger partial charge in [0.25, 0.3) is 0 Å². The molecule has 0 spiro atoms. The van der Waals surface area contributed by atoms with Crippen molar-refractivity contribution in [3.05, 3.63) is 47.0 Å². The maximum absolute atomic E-state index is 13.6. The van der Waals surface area contributed by atoms with Crippen LogP contribution in [0.1, 0.15) is 49.7 Å². The van der Waals surface area contributed by atoms with Crippen molar-refractivity contribution < 1.29 is 12.8 Å². The van der Waals surface area contributed by atoms with E-state index in [2.05, 4.69) is 18.7 Å². The Bertz CT molecular complexity index is 965. The zero-order chi connectivity index (χ0) is 19.9. The molecule has 3 heterocycles. The molecular weight excluding hydrogens is 379 g/mol. The van der Waals surface area contributed by atoms with Crippen LogP contribution in [0.3, 0.4) is 0 Å². The molecule has 0 atom stereocenters. The summed E-state index contributed by atoms with van der Waals surface area (Å²) >= 11 is 0. The predicted octanol–water partition coefficient (Wildman–Crippen LogP) is 2.95. The lowest BCUT2D eigenvalue weighted by atomic mass is 10.1. The molecule has 0 saturated carbocycles. The summed E-state index contributed by atoms with van der Waals surface area (Å²) < 4.78 is 43.1. The van der Waals surface area contributed by atoms with Crippen LogP contribution in [0.4, 0.5) is 4.39 Å². The second kappa shape index (κ2) is 7.57. The van der Waals surface area contributed by atoms with Gasteiger partial charge in [-0.2, -0.15) is 9.40 Å². The third-order valence-corrected chi connectivity index (χ3v) is 7.48. The first-order valence-electron chi connectivity index (χ1n) is 9.93. The summed E-state index contributed by atoms with van der Waals surface area (Å²) in [7, 11) is -3.74. The zero-order valence-corrected chi connectivity index (χ0v) is 17.3.